The maximum Gasteiger partial charge on any atom is 0.414 e. The van der Waals surface area contributed by atoms with E-state index in [1.54, 1.807) is 32.4 Å². The summed E-state index contributed by atoms with van der Waals surface area (Å²) >= 11 is 0. The van der Waals surface area contributed by atoms with Crippen LogP contribution in [0.15, 0.2) is 30.5 Å². The summed E-state index contributed by atoms with van der Waals surface area (Å²) in [5.74, 6) is -0.734. The van der Waals surface area contributed by atoms with Gasteiger partial charge in [-0.25, -0.2) is 22.3 Å². The van der Waals surface area contributed by atoms with E-state index in [2.05, 4.69) is 10.3 Å². The number of aromatic nitrogens is 3. The molecule has 10 nitrogen and oxygen atoms in total. The molecule has 1 aromatic carbocycles. The van der Waals surface area contributed by atoms with Gasteiger partial charge in [-0.15, -0.1) is 5.10 Å². The molecule has 2 amide bonds. The number of hydrogen-bond acceptors (Lipinski definition) is 7. The van der Waals surface area contributed by atoms with Crippen molar-refractivity contribution in [3.05, 3.63) is 47.5 Å². The zero-order chi connectivity index (χ0) is 23.8. The number of sulfone groups is 1. The summed E-state index contributed by atoms with van der Waals surface area (Å²) in [6.07, 6.45) is 2.42. The molecular formula is C21H24FN5O5S. The van der Waals surface area contributed by atoms with Crippen molar-refractivity contribution >= 4 is 33.1 Å². The van der Waals surface area contributed by atoms with Gasteiger partial charge in [0.15, 0.2) is 9.84 Å². The minimum absolute atomic E-state index is 0.00649. The molecule has 1 fully saturated rings. The number of nitrogens with zero attached hydrogens (tertiary/aromatic N) is 5. The highest BCUT2D eigenvalue weighted by Crippen LogP contribution is 2.30. The fourth-order valence-corrected chi connectivity index (χ4v) is 4.87. The van der Waals surface area contributed by atoms with Crippen LogP contribution >= 0.6 is 0 Å². The maximum absolute atomic E-state index is 14.8. The molecule has 2 aromatic rings. The van der Waals surface area contributed by atoms with Crippen molar-refractivity contribution in [3.8, 4) is 0 Å². The van der Waals surface area contributed by atoms with Gasteiger partial charge in [-0.2, -0.15) is 0 Å². The van der Waals surface area contributed by atoms with Crippen LogP contribution in [-0.2, 0) is 32.3 Å². The van der Waals surface area contributed by atoms with Crippen LogP contribution in [0.25, 0.3) is 5.57 Å². The molecule has 176 valence electrons. The van der Waals surface area contributed by atoms with Crippen LogP contribution in [0.4, 0.5) is 14.9 Å². The Morgan fingerprint density at radius 2 is 2.12 bits per heavy atom. The van der Waals surface area contributed by atoms with Crippen LogP contribution in [0.1, 0.15) is 17.7 Å². The molecule has 0 radical (unpaired) electrons. The van der Waals surface area contributed by atoms with E-state index in [0.717, 1.165) is 0 Å². The molecule has 1 unspecified atom stereocenters. The van der Waals surface area contributed by atoms with E-state index in [0.29, 0.717) is 22.5 Å². The number of likely N-dealkylation sites (N-methyl/N-ethyl adjacent to an activating group) is 1. The topological polar surface area (TPSA) is 115 Å². The number of halogens is 1. The van der Waals surface area contributed by atoms with Gasteiger partial charge in [-0.3, -0.25) is 9.69 Å². The van der Waals surface area contributed by atoms with Gasteiger partial charge in [-0.1, -0.05) is 11.3 Å². The molecule has 2 aliphatic heterocycles. The van der Waals surface area contributed by atoms with E-state index >= 15 is 0 Å². The number of rotatable bonds is 6. The molecule has 4 rings (SSSR count). The zero-order valence-corrected chi connectivity index (χ0v) is 19.1. The van der Waals surface area contributed by atoms with Crippen LogP contribution in [0, 0.1) is 5.82 Å². The minimum atomic E-state index is -3.10. The van der Waals surface area contributed by atoms with Gasteiger partial charge in [0.25, 0.3) is 0 Å². The lowest BCUT2D eigenvalue weighted by molar-refractivity contribution is -0.128. The van der Waals surface area contributed by atoms with Crippen molar-refractivity contribution in [1.29, 1.82) is 0 Å². The number of ether oxygens (including phenoxy) is 1. The van der Waals surface area contributed by atoms with E-state index < -0.39 is 27.9 Å². The molecule has 0 spiro atoms. The minimum Gasteiger partial charge on any atom is -0.442 e. The van der Waals surface area contributed by atoms with Gasteiger partial charge in [0, 0.05) is 25.9 Å². The second-order valence-corrected chi connectivity index (χ2v) is 10.5. The van der Waals surface area contributed by atoms with E-state index in [9.17, 15) is 22.4 Å². The molecular weight excluding hydrogens is 453 g/mol. The molecule has 3 heterocycles. The number of cyclic esters (lactones) is 1. The Morgan fingerprint density at radius 3 is 2.79 bits per heavy atom. The van der Waals surface area contributed by atoms with Crippen LogP contribution < -0.4 is 4.90 Å². The molecule has 0 bridgehead atoms. The SMILES string of the molecule is CN(C)C(=O)Cc1cn(CC2CN(c3ccc(C4=CCS(=O)(=O)CC4)c(F)c3)C(=O)O2)nn1. The summed E-state index contributed by atoms with van der Waals surface area (Å²) in [5.41, 5.74) is 1.84. The number of carbonyl (C=O) groups excluding carboxylic acids is 2. The smallest absolute Gasteiger partial charge is 0.414 e. The largest absolute Gasteiger partial charge is 0.442 e. The second kappa shape index (κ2) is 8.93. The third-order valence-electron chi connectivity index (χ3n) is 5.56. The summed E-state index contributed by atoms with van der Waals surface area (Å²) in [6, 6.07) is 4.43. The van der Waals surface area contributed by atoms with Crippen molar-refractivity contribution < 1.29 is 27.1 Å². The predicted molar refractivity (Wildman–Crippen MR) is 118 cm³/mol. The first-order valence-corrected chi connectivity index (χ1v) is 12.2. The molecule has 1 saturated heterocycles. The van der Waals surface area contributed by atoms with Crippen molar-refractivity contribution in [2.75, 3.05) is 37.0 Å². The lowest BCUT2D eigenvalue weighted by Gasteiger charge is -2.17. The third kappa shape index (κ3) is 5.21. The third-order valence-corrected chi connectivity index (χ3v) is 7.06. The number of benzene rings is 1. The summed E-state index contributed by atoms with van der Waals surface area (Å²) in [5, 5.41) is 7.95. The van der Waals surface area contributed by atoms with Crippen LogP contribution in [0.2, 0.25) is 0 Å². The van der Waals surface area contributed by atoms with E-state index in [1.165, 1.54) is 26.6 Å². The van der Waals surface area contributed by atoms with E-state index in [1.807, 2.05) is 0 Å². The van der Waals surface area contributed by atoms with E-state index in [-0.39, 0.29) is 43.3 Å². The summed E-state index contributed by atoms with van der Waals surface area (Å²) < 4.78 is 44.9. The lowest BCUT2D eigenvalue weighted by atomic mass is 10.0. The van der Waals surface area contributed by atoms with Gasteiger partial charge >= 0.3 is 6.09 Å². The molecule has 0 aliphatic carbocycles. The Morgan fingerprint density at radius 1 is 1.33 bits per heavy atom. The van der Waals surface area contributed by atoms with Gasteiger partial charge in [0.05, 0.1) is 42.4 Å². The lowest BCUT2D eigenvalue weighted by Crippen LogP contribution is -2.26. The maximum atomic E-state index is 14.8. The fraction of sp³-hybridized carbons (Fsp3) is 0.429. The average molecular weight is 478 g/mol. The molecule has 2 aliphatic rings. The molecule has 1 atom stereocenters. The molecule has 1 aromatic heterocycles. The quantitative estimate of drug-likeness (QED) is 0.616. The monoisotopic (exact) mass is 477 g/mol. The normalized spacial score (nSPS) is 19.8. The molecule has 33 heavy (non-hydrogen) atoms. The Kier molecular flexibility index (Phi) is 6.19. The highest BCUT2D eigenvalue weighted by molar-refractivity contribution is 7.91. The van der Waals surface area contributed by atoms with Crippen molar-refractivity contribution in [1.82, 2.24) is 19.9 Å². The Labute approximate surface area is 190 Å². The summed E-state index contributed by atoms with van der Waals surface area (Å²) in [6.45, 7) is 0.442. The number of anilines is 1. The van der Waals surface area contributed by atoms with Crippen molar-refractivity contribution in [2.45, 2.75) is 25.5 Å². The Hall–Kier alpha value is -3.28. The standard InChI is InChI=1S/C21H24FN5O5S/c1-25(2)20(28)9-15-11-26(24-23-15)12-17-13-27(21(29)32-17)16-3-4-18(19(22)10-16)14-5-7-33(30,31)8-6-14/h3-5,10-11,17H,6-9,12-13H2,1-2H3. The first-order valence-electron chi connectivity index (χ1n) is 10.4. The van der Waals surface area contributed by atoms with Gasteiger partial charge in [0.2, 0.25) is 5.91 Å². The average Bonchev–Trinajstić information content (AvgIpc) is 3.34. The number of allylic oxidation sites excluding steroid dienone is 1. The van der Waals surface area contributed by atoms with Gasteiger partial charge < -0.3 is 9.64 Å². The van der Waals surface area contributed by atoms with Crippen LogP contribution in [-0.4, -0.2) is 78.6 Å². The van der Waals surface area contributed by atoms with Crippen molar-refractivity contribution in [3.63, 3.8) is 0 Å². The first kappa shape index (κ1) is 22.9. The Bertz CT molecular complexity index is 1220. The number of carbonyl (C=O) groups is 2. The number of amides is 2. The summed E-state index contributed by atoms with van der Waals surface area (Å²) in [7, 11) is 0.212. The first-order chi connectivity index (χ1) is 15.6. The molecule has 0 N–H and O–H groups in total. The van der Waals surface area contributed by atoms with Crippen LogP contribution in [0.3, 0.4) is 0 Å². The van der Waals surface area contributed by atoms with Gasteiger partial charge in [0.1, 0.15) is 11.9 Å². The molecule has 12 heteroatoms. The van der Waals surface area contributed by atoms with Gasteiger partial charge in [-0.05, 0) is 30.2 Å². The zero-order valence-electron chi connectivity index (χ0n) is 18.3. The highest BCUT2D eigenvalue weighted by Gasteiger charge is 2.33. The summed E-state index contributed by atoms with van der Waals surface area (Å²) in [4.78, 5) is 27.0. The fourth-order valence-electron chi connectivity index (χ4n) is 3.71. The highest BCUT2D eigenvalue weighted by atomic mass is 32.2. The second-order valence-electron chi connectivity index (χ2n) is 8.27. The molecule has 0 saturated carbocycles. The van der Waals surface area contributed by atoms with Crippen molar-refractivity contribution in [2.24, 2.45) is 0 Å². The number of hydrogen-bond donors (Lipinski definition) is 0. The van der Waals surface area contributed by atoms with E-state index in [4.69, 9.17) is 4.74 Å². The Balaban J connectivity index is 1.41. The van der Waals surface area contributed by atoms with Crippen LogP contribution in [0.5, 0.6) is 0 Å². The predicted octanol–water partition coefficient (Wildman–Crippen LogP) is 1.28.